The molecule has 1 saturated heterocycles. The van der Waals surface area contributed by atoms with E-state index in [1.54, 1.807) is 0 Å². The van der Waals surface area contributed by atoms with E-state index >= 15 is 0 Å². The van der Waals surface area contributed by atoms with Crippen molar-refractivity contribution < 1.29 is 9.53 Å². The molecule has 5 heteroatoms. The summed E-state index contributed by atoms with van der Waals surface area (Å²) in [5, 5.41) is 6.06. The zero-order chi connectivity index (χ0) is 10.5. The van der Waals surface area contributed by atoms with E-state index in [0.717, 1.165) is 32.0 Å². The smallest absolute Gasteiger partial charge is 0.222 e. The normalized spacial score (nSPS) is 19.8. The first kappa shape index (κ1) is 13.7. The van der Waals surface area contributed by atoms with Crippen molar-refractivity contribution in [2.24, 2.45) is 5.92 Å². The summed E-state index contributed by atoms with van der Waals surface area (Å²) in [7, 11) is 0. The van der Waals surface area contributed by atoms with Crippen LogP contribution in [0.2, 0.25) is 0 Å². The maximum Gasteiger partial charge on any atom is 0.222 e. The molecule has 1 amide bonds. The van der Waals surface area contributed by atoms with Crippen LogP contribution < -0.4 is 10.6 Å². The summed E-state index contributed by atoms with van der Waals surface area (Å²) in [6.07, 6.45) is 4.70. The fourth-order valence-electron chi connectivity index (χ4n) is 1.61. The zero-order valence-corrected chi connectivity index (χ0v) is 10.4. The summed E-state index contributed by atoms with van der Waals surface area (Å²) in [4.78, 5) is 11.3. The van der Waals surface area contributed by atoms with Crippen molar-refractivity contribution >= 4 is 18.3 Å². The predicted octanol–water partition coefficient (Wildman–Crippen LogP) is 0.703. The molecule has 16 heavy (non-hydrogen) atoms. The maximum atomic E-state index is 11.3. The minimum absolute atomic E-state index is 0. The van der Waals surface area contributed by atoms with Crippen molar-refractivity contribution in [2.45, 2.75) is 31.8 Å². The molecule has 2 aliphatic rings. The van der Waals surface area contributed by atoms with Gasteiger partial charge in [0.15, 0.2) is 0 Å². The Kier molecular flexibility index (Phi) is 6.09. The van der Waals surface area contributed by atoms with Gasteiger partial charge in [0.25, 0.3) is 0 Å². The third-order valence-corrected chi connectivity index (χ3v) is 3.00. The number of carbonyl (C=O) groups is 1. The van der Waals surface area contributed by atoms with E-state index in [-0.39, 0.29) is 18.3 Å². The van der Waals surface area contributed by atoms with Gasteiger partial charge in [-0.05, 0) is 12.3 Å². The van der Waals surface area contributed by atoms with Crippen LogP contribution in [0.15, 0.2) is 0 Å². The standard InChI is InChI=1S/C11H20N2O2.ClH/c14-11(13-5-3-9-1-2-9)4-6-15-10-7-12-8-10;/h9-10,12H,1-8H2,(H,13,14);1H. The average Bonchev–Trinajstić information content (AvgIpc) is 2.93. The second-order valence-electron chi connectivity index (χ2n) is 4.48. The van der Waals surface area contributed by atoms with Gasteiger partial charge in [-0.15, -0.1) is 12.4 Å². The molecule has 0 spiro atoms. The Morgan fingerprint density at radius 2 is 2.12 bits per heavy atom. The summed E-state index contributed by atoms with van der Waals surface area (Å²) in [5.74, 6) is 1.02. The summed E-state index contributed by atoms with van der Waals surface area (Å²) < 4.78 is 5.47. The minimum Gasteiger partial charge on any atom is -0.375 e. The molecule has 0 atom stereocenters. The van der Waals surface area contributed by atoms with Crippen LogP contribution >= 0.6 is 12.4 Å². The molecule has 2 N–H and O–H groups in total. The molecule has 94 valence electrons. The summed E-state index contributed by atoms with van der Waals surface area (Å²) in [6.45, 7) is 3.27. The number of nitrogens with one attached hydrogen (secondary N) is 2. The Balaban J connectivity index is 0.00000128. The molecule has 0 bridgehead atoms. The lowest BCUT2D eigenvalue weighted by molar-refractivity contribution is -0.122. The maximum absolute atomic E-state index is 11.3. The SMILES string of the molecule is Cl.O=C(CCOC1CNC1)NCCC1CC1. The number of ether oxygens (including phenoxy) is 1. The number of hydrogen-bond donors (Lipinski definition) is 2. The summed E-state index contributed by atoms with van der Waals surface area (Å²) in [6, 6.07) is 0. The summed E-state index contributed by atoms with van der Waals surface area (Å²) in [5.41, 5.74) is 0. The molecule has 2 fully saturated rings. The van der Waals surface area contributed by atoms with Gasteiger partial charge in [-0.25, -0.2) is 0 Å². The van der Waals surface area contributed by atoms with Crippen molar-refractivity contribution in [1.82, 2.24) is 10.6 Å². The lowest BCUT2D eigenvalue weighted by Crippen LogP contribution is -2.48. The third-order valence-electron chi connectivity index (χ3n) is 3.00. The molecule has 0 radical (unpaired) electrons. The highest BCUT2D eigenvalue weighted by molar-refractivity contribution is 5.85. The van der Waals surface area contributed by atoms with E-state index in [0.29, 0.717) is 19.1 Å². The Labute approximate surface area is 103 Å². The number of amides is 1. The largest absolute Gasteiger partial charge is 0.375 e. The van der Waals surface area contributed by atoms with E-state index in [1.807, 2.05) is 0 Å². The van der Waals surface area contributed by atoms with Crippen LogP contribution in [0, 0.1) is 5.92 Å². The monoisotopic (exact) mass is 248 g/mol. The second-order valence-corrected chi connectivity index (χ2v) is 4.48. The number of halogens is 1. The fraction of sp³-hybridized carbons (Fsp3) is 0.909. The van der Waals surface area contributed by atoms with E-state index in [4.69, 9.17) is 4.74 Å². The van der Waals surface area contributed by atoms with Crippen LogP contribution in [-0.4, -0.2) is 38.3 Å². The van der Waals surface area contributed by atoms with E-state index in [2.05, 4.69) is 10.6 Å². The van der Waals surface area contributed by atoms with Crippen molar-refractivity contribution in [1.29, 1.82) is 0 Å². The van der Waals surface area contributed by atoms with Gasteiger partial charge in [0.2, 0.25) is 5.91 Å². The molecule has 0 aromatic carbocycles. The first-order valence-corrected chi connectivity index (χ1v) is 5.93. The van der Waals surface area contributed by atoms with E-state index in [9.17, 15) is 4.79 Å². The highest BCUT2D eigenvalue weighted by Crippen LogP contribution is 2.31. The Morgan fingerprint density at radius 3 is 2.69 bits per heavy atom. The fourth-order valence-corrected chi connectivity index (χ4v) is 1.61. The quantitative estimate of drug-likeness (QED) is 0.698. The van der Waals surface area contributed by atoms with E-state index < -0.39 is 0 Å². The van der Waals surface area contributed by atoms with Gasteiger partial charge in [0, 0.05) is 26.1 Å². The Bertz CT molecular complexity index is 218. The topological polar surface area (TPSA) is 50.4 Å². The van der Waals surface area contributed by atoms with Crippen molar-refractivity contribution in [3.05, 3.63) is 0 Å². The van der Waals surface area contributed by atoms with Crippen LogP contribution in [0.5, 0.6) is 0 Å². The second kappa shape index (κ2) is 7.09. The highest BCUT2D eigenvalue weighted by Gasteiger charge is 2.20. The number of carbonyl (C=O) groups excluding carboxylic acids is 1. The van der Waals surface area contributed by atoms with Crippen LogP contribution in [0.1, 0.15) is 25.7 Å². The molecule has 4 nitrogen and oxygen atoms in total. The predicted molar refractivity (Wildman–Crippen MR) is 64.8 cm³/mol. The first-order chi connectivity index (χ1) is 7.34. The lowest BCUT2D eigenvalue weighted by Gasteiger charge is -2.26. The minimum atomic E-state index is 0. The molecular formula is C11H21ClN2O2. The molecular weight excluding hydrogens is 228 g/mol. The van der Waals surface area contributed by atoms with Gasteiger partial charge in [0.1, 0.15) is 0 Å². The molecule has 0 unspecified atom stereocenters. The van der Waals surface area contributed by atoms with Gasteiger partial charge < -0.3 is 15.4 Å². The highest BCUT2D eigenvalue weighted by atomic mass is 35.5. The average molecular weight is 249 g/mol. The molecule has 1 heterocycles. The van der Waals surface area contributed by atoms with Gasteiger partial charge in [-0.1, -0.05) is 12.8 Å². The summed E-state index contributed by atoms with van der Waals surface area (Å²) >= 11 is 0. The van der Waals surface area contributed by atoms with Crippen molar-refractivity contribution in [2.75, 3.05) is 26.2 Å². The Hall–Kier alpha value is -0.320. The molecule has 1 aliphatic heterocycles. The Morgan fingerprint density at radius 1 is 1.38 bits per heavy atom. The third kappa shape index (κ3) is 5.14. The molecule has 0 aromatic heterocycles. The van der Waals surface area contributed by atoms with Gasteiger partial charge in [-0.2, -0.15) is 0 Å². The van der Waals surface area contributed by atoms with Crippen molar-refractivity contribution in [3.8, 4) is 0 Å². The van der Waals surface area contributed by atoms with Gasteiger partial charge >= 0.3 is 0 Å². The van der Waals surface area contributed by atoms with Gasteiger partial charge in [-0.3, -0.25) is 4.79 Å². The van der Waals surface area contributed by atoms with Crippen molar-refractivity contribution in [3.63, 3.8) is 0 Å². The van der Waals surface area contributed by atoms with Crippen LogP contribution in [0.4, 0.5) is 0 Å². The molecule has 1 saturated carbocycles. The van der Waals surface area contributed by atoms with Crippen LogP contribution in [-0.2, 0) is 9.53 Å². The van der Waals surface area contributed by atoms with Crippen LogP contribution in [0.3, 0.4) is 0 Å². The molecule has 0 aromatic rings. The first-order valence-electron chi connectivity index (χ1n) is 5.93. The molecule has 2 rings (SSSR count). The zero-order valence-electron chi connectivity index (χ0n) is 9.54. The van der Waals surface area contributed by atoms with Gasteiger partial charge in [0.05, 0.1) is 12.7 Å². The lowest BCUT2D eigenvalue weighted by atomic mass is 10.2. The molecule has 1 aliphatic carbocycles. The number of hydrogen-bond acceptors (Lipinski definition) is 3. The van der Waals surface area contributed by atoms with Crippen LogP contribution in [0.25, 0.3) is 0 Å². The number of rotatable bonds is 7. The van der Waals surface area contributed by atoms with E-state index in [1.165, 1.54) is 12.8 Å².